The number of hydrogen-bond donors (Lipinski definition) is 2. The summed E-state index contributed by atoms with van der Waals surface area (Å²) in [7, 11) is 0. The van der Waals surface area contributed by atoms with Crippen molar-refractivity contribution in [1.82, 2.24) is 4.98 Å². The Bertz CT molecular complexity index is 653. The summed E-state index contributed by atoms with van der Waals surface area (Å²) >= 11 is 5.75. The highest BCUT2D eigenvalue weighted by Crippen LogP contribution is 2.35. The van der Waals surface area contributed by atoms with Crippen molar-refractivity contribution in [1.29, 1.82) is 5.26 Å². The molecule has 19 heavy (non-hydrogen) atoms. The summed E-state index contributed by atoms with van der Waals surface area (Å²) in [5, 5.41) is 28.0. The molecule has 5 heteroatoms. The normalized spacial score (nSPS) is 11.1. The highest BCUT2D eigenvalue weighted by Gasteiger charge is 2.08. The van der Waals surface area contributed by atoms with Crippen LogP contribution in [0.4, 0.5) is 0 Å². The van der Waals surface area contributed by atoms with Crippen molar-refractivity contribution >= 4 is 23.3 Å². The van der Waals surface area contributed by atoms with E-state index in [4.69, 9.17) is 16.9 Å². The molecule has 2 aromatic rings. The minimum absolute atomic E-state index is 0.0181. The number of rotatable bonds is 2. The Balaban J connectivity index is 2.48. The zero-order chi connectivity index (χ0) is 13.8. The quantitative estimate of drug-likeness (QED) is 0.650. The number of benzene rings is 1. The molecule has 1 aromatic heterocycles. The van der Waals surface area contributed by atoms with Crippen LogP contribution in [-0.4, -0.2) is 15.2 Å². The van der Waals surface area contributed by atoms with Gasteiger partial charge in [0.15, 0.2) is 11.5 Å². The van der Waals surface area contributed by atoms with Crippen LogP contribution in [0.3, 0.4) is 0 Å². The molecular weight excluding hydrogens is 264 g/mol. The maximum Gasteiger partial charge on any atom is 0.176 e. The number of hydrogen-bond acceptors (Lipinski definition) is 4. The molecule has 0 radical (unpaired) electrons. The summed E-state index contributed by atoms with van der Waals surface area (Å²) in [6.45, 7) is 0. The number of nitrogens with zero attached hydrogens (tertiary/aromatic N) is 2. The van der Waals surface area contributed by atoms with Crippen LogP contribution in [0.25, 0.3) is 11.6 Å². The number of halogens is 1. The second-order valence-corrected chi connectivity index (χ2v) is 4.16. The Kier molecular flexibility index (Phi) is 3.69. The Labute approximate surface area is 114 Å². The van der Waals surface area contributed by atoms with Crippen LogP contribution in [0.15, 0.2) is 36.5 Å². The van der Waals surface area contributed by atoms with E-state index in [1.54, 1.807) is 24.4 Å². The molecule has 0 atom stereocenters. The van der Waals surface area contributed by atoms with Crippen molar-refractivity contribution in [2.75, 3.05) is 0 Å². The fraction of sp³-hybridized carbons (Fsp3) is 0. The van der Waals surface area contributed by atoms with Gasteiger partial charge in [-0.05, 0) is 35.9 Å². The third-order valence-corrected chi connectivity index (χ3v) is 2.73. The summed E-state index contributed by atoms with van der Waals surface area (Å²) in [5.41, 5.74) is 1.36. The lowest BCUT2D eigenvalue weighted by Gasteiger charge is -2.03. The lowest BCUT2D eigenvalue weighted by molar-refractivity contribution is 0.404. The molecule has 0 unspecified atom stereocenters. The third kappa shape index (κ3) is 2.84. The average Bonchev–Trinajstić information content (AvgIpc) is 2.43. The molecule has 2 rings (SSSR count). The molecule has 0 bridgehead atoms. The Hall–Kier alpha value is -2.51. The molecule has 0 saturated carbocycles. The second-order valence-electron chi connectivity index (χ2n) is 3.76. The minimum Gasteiger partial charge on any atom is -0.504 e. The number of aromatic hydroxyl groups is 2. The van der Waals surface area contributed by atoms with Crippen molar-refractivity contribution in [3.63, 3.8) is 0 Å². The fourth-order valence-electron chi connectivity index (χ4n) is 1.54. The summed E-state index contributed by atoms with van der Waals surface area (Å²) in [4.78, 5) is 4.07. The van der Waals surface area contributed by atoms with Gasteiger partial charge in [-0.1, -0.05) is 17.7 Å². The van der Waals surface area contributed by atoms with Crippen LogP contribution in [0, 0.1) is 11.3 Å². The van der Waals surface area contributed by atoms with Crippen molar-refractivity contribution in [3.8, 4) is 17.6 Å². The predicted octanol–water partition coefficient (Wildman–Crippen LogP) is 3.21. The average molecular weight is 273 g/mol. The maximum atomic E-state index is 9.47. The van der Waals surface area contributed by atoms with E-state index in [1.165, 1.54) is 18.2 Å². The fourth-order valence-corrected chi connectivity index (χ4v) is 1.76. The molecule has 0 aliphatic heterocycles. The van der Waals surface area contributed by atoms with E-state index in [1.807, 2.05) is 6.07 Å². The van der Waals surface area contributed by atoms with E-state index in [-0.39, 0.29) is 16.5 Å². The molecule has 0 aliphatic carbocycles. The number of aromatic nitrogens is 1. The van der Waals surface area contributed by atoms with Gasteiger partial charge < -0.3 is 10.2 Å². The Morgan fingerprint density at radius 3 is 2.68 bits per heavy atom. The van der Waals surface area contributed by atoms with Crippen molar-refractivity contribution in [2.45, 2.75) is 0 Å². The first-order valence-electron chi connectivity index (χ1n) is 5.36. The number of nitriles is 1. The first-order chi connectivity index (χ1) is 9.11. The zero-order valence-electron chi connectivity index (χ0n) is 9.71. The van der Waals surface area contributed by atoms with Gasteiger partial charge in [0.05, 0.1) is 16.3 Å². The molecule has 0 saturated heterocycles. The number of phenols is 2. The lowest BCUT2D eigenvalue weighted by Crippen LogP contribution is -1.86. The van der Waals surface area contributed by atoms with Crippen molar-refractivity contribution in [3.05, 3.63) is 52.8 Å². The molecule has 0 spiro atoms. The Morgan fingerprint density at radius 2 is 2.11 bits per heavy atom. The topological polar surface area (TPSA) is 77.1 Å². The van der Waals surface area contributed by atoms with Gasteiger partial charge in [0.25, 0.3) is 0 Å². The highest BCUT2D eigenvalue weighted by molar-refractivity contribution is 6.32. The van der Waals surface area contributed by atoms with Crippen molar-refractivity contribution in [2.24, 2.45) is 0 Å². The largest absolute Gasteiger partial charge is 0.504 e. The number of pyridine rings is 1. The second kappa shape index (κ2) is 5.42. The van der Waals surface area contributed by atoms with Crippen molar-refractivity contribution < 1.29 is 10.2 Å². The van der Waals surface area contributed by atoms with E-state index in [0.717, 1.165) is 0 Å². The highest BCUT2D eigenvalue weighted by atomic mass is 35.5. The molecular formula is C14H9ClN2O2. The van der Waals surface area contributed by atoms with E-state index in [0.29, 0.717) is 16.8 Å². The first kappa shape index (κ1) is 12.9. The van der Waals surface area contributed by atoms with E-state index >= 15 is 0 Å². The van der Waals surface area contributed by atoms with Gasteiger partial charge in [0, 0.05) is 6.20 Å². The SMILES string of the molecule is N#C/C(=C\c1cc(O)c(O)c(Cl)c1)c1ccccn1. The molecule has 4 nitrogen and oxygen atoms in total. The predicted molar refractivity (Wildman–Crippen MR) is 72.5 cm³/mol. The van der Waals surface area contributed by atoms with Gasteiger partial charge >= 0.3 is 0 Å². The zero-order valence-corrected chi connectivity index (χ0v) is 10.5. The molecule has 0 aliphatic rings. The molecule has 1 heterocycles. The number of phenolic OH excluding ortho intramolecular Hbond substituents is 2. The molecule has 0 amide bonds. The van der Waals surface area contributed by atoms with Crippen LogP contribution < -0.4 is 0 Å². The number of allylic oxidation sites excluding steroid dienone is 1. The molecule has 1 aromatic carbocycles. The lowest BCUT2D eigenvalue weighted by atomic mass is 10.1. The van der Waals surface area contributed by atoms with Crippen LogP contribution in [0.1, 0.15) is 11.3 Å². The molecule has 0 fully saturated rings. The maximum absolute atomic E-state index is 9.47. The van der Waals surface area contributed by atoms with E-state index in [2.05, 4.69) is 4.98 Å². The molecule has 2 N–H and O–H groups in total. The smallest absolute Gasteiger partial charge is 0.176 e. The van der Waals surface area contributed by atoms with Crippen LogP contribution in [-0.2, 0) is 0 Å². The third-order valence-electron chi connectivity index (χ3n) is 2.44. The summed E-state index contributed by atoms with van der Waals surface area (Å²) in [6, 6.07) is 10.0. The van der Waals surface area contributed by atoms with Gasteiger partial charge in [-0.15, -0.1) is 0 Å². The van der Waals surface area contributed by atoms with Gasteiger partial charge in [0.1, 0.15) is 6.07 Å². The van der Waals surface area contributed by atoms with Gasteiger partial charge in [0.2, 0.25) is 0 Å². The summed E-state index contributed by atoms with van der Waals surface area (Å²) < 4.78 is 0. The minimum atomic E-state index is -0.379. The van der Waals surface area contributed by atoms with Gasteiger partial charge in [-0.2, -0.15) is 5.26 Å². The monoisotopic (exact) mass is 272 g/mol. The summed E-state index contributed by atoms with van der Waals surface area (Å²) in [6.07, 6.45) is 3.12. The van der Waals surface area contributed by atoms with Crippen LogP contribution in [0.5, 0.6) is 11.5 Å². The standard InChI is InChI=1S/C14H9ClN2O2/c15-11-6-9(7-13(18)14(11)19)5-10(8-16)12-3-1-2-4-17-12/h1-7,18-19H/b10-5+. The van der Waals surface area contributed by atoms with Crippen LogP contribution >= 0.6 is 11.6 Å². The molecule has 94 valence electrons. The van der Waals surface area contributed by atoms with E-state index in [9.17, 15) is 10.2 Å². The Morgan fingerprint density at radius 1 is 1.32 bits per heavy atom. The van der Waals surface area contributed by atoms with Gasteiger partial charge in [-0.25, -0.2) is 0 Å². The van der Waals surface area contributed by atoms with Crippen LogP contribution in [0.2, 0.25) is 5.02 Å². The first-order valence-corrected chi connectivity index (χ1v) is 5.74. The summed E-state index contributed by atoms with van der Waals surface area (Å²) in [5.74, 6) is -0.716. The van der Waals surface area contributed by atoms with Gasteiger partial charge in [-0.3, -0.25) is 4.98 Å². The van der Waals surface area contributed by atoms with E-state index < -0.39 is 0 Å².